The van der Waals surface area contributed by atoms with Crippen LogP contribution in [0.3, 0.4) is 0 Å². The first-order chi connectivity index (χ1) is 8.24. The van der Waals surface area contributed by atoms with Gasteiger partial charge < -0.3 is 5.32 Å². The largest absolute Gasteiger partial charge is 0.316 e. The van der Waals surface area contributed by atoms with E-state index in [0.717, 1.165) is 24.9 Å². The average Bonchev–Trinajstić information content (AvgIpc) is 2.32. The molecule has 0 radical (unpaired) electrons. The summed E-state index contributed by atoms with van der Waals surface area (Å²) in [5.41, 5.74) is 0. The Morgan fingerprint density at radius 1 is 1.18 bits per heavy atom. The predicted octanol–water partition coefficient (Wildman–Crippen LogP) is 3.84. The van der Waals surface area contributed by atoms with E-state index in [1.807, 2.05) is 0 Å². The standard InChI is InChI=1S/C13H19F2NS/c1-2-3-4-7-16-8-9-17-13-10-11(14)5-6-12(13)15/h5-6,10,16H,2-4,7-9H2,1H3. The third kappa shape index (κ3) is 6.03. The first kappa shape index (κ1) is 14.5. The van der Waals surface area contributed by atoms with Crippen molar-refractivity contribution in [3.63, 3.8) is 0 Å². The van der Waals surface area contributed by atoms with E-state index >= 15 is 0 Å². The van der Waals surface area contributed by atoms with Crippen molar-refractivity contribution in [3.05, 3.63) is 29.8 Å². The van der Waals surface area contributed by atoms with Crippen molar-refractivity contribution in [1.82, 2.24) is 5.32 Å². The minimum atomic E-state index is -0.384. The molecule has 0 saturated heterocycles. The van der Waals surface area contributed by atoms with Gasteiger partial charge in [0, 0.05) is 17.2 Å². The molecule has 96 valence electrons. The lowest BCUT2D eigenvalue weighted by molar-refractivity contribution is 0.577. The SMILES string of the molecule is CCCCCNCCSc1cc(F)ccc1F. The van der Waals surface area contributed by atoms with Gasteiger partial charge in [0.1, 0.15) is 11.6 Å². The van der Waals surface area contributed by atoms with E-state index < -0.39 is 0 Å². The average molecular weight is 259 g/mol. The molecule has 4 heteroatoms. The van der Waals surface area contributed by atoms with Crippen LogP contribution in [0.25, 0.3) is 0 Å². The molecule has 0 heterocycles. The second-order valence-corrected chi connectivity index (χ2v) is 5.02. The minimum Gasteiger partial charge on any atom is -0.316 e. The highest BCUT2D eigenvalue weighted by Gasteiger charge is 2.03. The van der Waals surface area contributed by atoms with Gasteiger partial charge in [0.25, 0.3) is 0 Å². The Kier molecular flexibility index (Phi) is 7.21. The lowest BCUT2D eigenvalue weighted by atomic mass is 10.2. The van der Waals surface area contributed by atoms with Crippen LogP contribution < -0.4 is 5.32 Å². The Morgan fingerprint density at radius 3 is 2.76 bits per heavy atom. The third-order valence-corrected chi connectivity index (χ3v) is 3.42. The molecule has 0 aromatic heterocycles. The van der Waals surface area contributed by atoms with Gasteiger partial charge in [-0.2, -0.15) is 0 Å². The number of thioether (sulfide) groups is 1. The molecule has 1 aromatic carbocycles. The Morgan fingerprint density at radius 2 is 2.00 bits per heavy atom. The normalized spacial score (nSPS) is 10.8. The van der Waals surface area contributed by atoms with E-state index in [1.165, 1.54) is 43.2 Å². The van der Waals surface area contributed by atoms with E-state index in [4.69, 9.17) is 0 Å². The van der Waals surface area contributed by atoms with E-state index in [1.54, 1.807) is 0 Å². The molecule has 1 nitrogen and oxygen atoms in total. The Bertz CT molecular complexity index is 331. The summed E-state index contributed by atoms with van der Waals surface area (Å²) in [6.45, 7) is 3.99. The Labute approximate surface area is 106 Å². The maximum Gasteiger partial charge on any atom is 0.136 e. The van der Waals surface area contributed by atoms with Gasteiger partial charge in [-0.1, -0.05) is 19.8 Å². The molecule has 0 bridgehead atoms. The van der Waals surface area contributed by atoms with Crippen molar-refractivity contribution >= 4 is 11.8 Å². The number of halogens is 2. The fourth-order valence-corrected chi connectivity index (χ4v) is 2.31. The van der Waals surface area contributed by atoms with Crippen LogP contribution in [-0.2, 0) is 0 Å². The summed E-state index contributed by atoms with van der Waals surface area (Å²) in [5, 5.41) is 3.29. The van der Waals surface area contributed by atoms with Gasteiger partial charge in [0.05, 0.1) is 0 Å². The molecule has 0 unspecified atom stereocenters. The molecule has 1 N–H and O–H groups in total. The summed E-state index contributed by atoms with van der Waals surface area (Å²) >= 11 is 1.35. The zero-order valence-corrected chi connectivity index (χ0v) is 11.0. The van der Waals surface area contributed by atoms with E-state index in [-0.39, 0.29) is 11.6 Å². The lowest BCUT2D eigenvalue weighted by Crippen LogP contribution is -2.18. The van der Waals surface area contributed by atoms with Gasteiger partial charge in [0.2, 0.25) is 0 Å². The van der Waals surface area contributed by atoms with Crippen LogP contribution in [0.2, 0.25) is 0 Å². The van der Waals surface area contributed by atoms with Crippen molar-refractivity contribution in [2.75, 3.05) is 18.8 Å². The molecule has 0 aliphatic carbocycles. The van der Waals surface area contributed by atoms with Gasteiger partial charge in [-0.25, -0.2) is 8.78 Å². The van der Waals surface area contributed by atoms with Crippen LogP contribution in [0.15, 0.2) is 23.1 Å². The van der Waals surface area contributed by atoms with E-state index in [0.29, 0.717) is 4.90 Å². The molecule has 17 heavy (non-hydrogen) atoms. The van der Waals surface area contributed by atoms with Crippen LogP contribution in [0.4, 0.5) is 8.78 Å². The number of hydrogen-bond donors (Lipinski definition) is 1. The predicted molar refractivity (Wildman–Crippen MR) is 69.5 cm³/mol. The van der Waals surface area contributed by atoms with Gasteiger partial charge in [-0.15, -0.1) is 11.8 Å². The van der Waals surface area contributed by atoms with Crippen LogP contribution in [-0.4, -0.2) is 18.8 Å². The Hall–Kier alpha value is -0.610. The van der Waals surface area contributed by atoms with E-state index in [2.05, 4.69) is 12.2 Å². The maximum atomic E-state index is 13.2. The van der Waals surface area contributed by atoms with Crippen molar-refractivity contribution in [3.8, 4) is 0 Å². The lowest BCUT2D eigenvalue weighted by Gasteiger charge is -2.05. The summed E-state index contributed by atoms with van der Waals surface area (Å²) in [6, 6.07) is 3.56. The van der Waals surface area contributed by atoms with Crippen LogP contribution in [0.5, 0.6) is 0 Å². The zero-order chi connectivity index (χ0) is 12.5. The molecule has 1 aromatic rings. The highest BCUT2D eigenvalue weighted by atomic mass is 32.2. The summed E-state index contributed by atoms with van der Waals surface area (Å²) in [6.07, 6.45) is 3.62. The molecule has 0 spiro atoms. The number of benzene rings is 1. The Balaban J connectivity index is 2.15. The minimum absolute atomic E-state index is 0.345. The quantitative estimate of drug-likeness (QED) is 0.562. The molecule has 1 rings (SSSR count). The van der Waals surface area contributed by atoms with Gasteiger partial charge >= 0.3 is 0 Å². The monoisotopic (exact) mass is 259 g/mol. The smallest absolute Gasteiger partial charge is 0.136 e. The fraction of sp³-hybridized carbons (Fsp3) is 0.538. The van der Waals surface area contributed by atoms with Crippen LogP contribution in [0, 0.1) is 11.6 Å². The van der Waals surface area contributed by atoms with Gasteiger partial charge in [-0.05, 0) is 31.2 Å². The van der Waals surface area contributed by atoms with Crippen molar-refractivity contribution in [2.45, 2.75) is 31.1 Å². The second kappa shape index (κ2) is 8.48. The molecule has 0 amide bonds. The number of unbranched alkanes of at least 4 members (excludes halogenated alkanes) is 2. The van der Waals surface area contributed by atoms with Crippen LogP contribution >= 0.6 is 11.8 Å². The zero-order valence-electron chi connectivity index (χ0n) is 10.1. The number of nitrogens with one attached hydrogen (secondary N) is 1. The maximum absolute atomic E-state index is 13.2. The summed E-state index contributed by atoms with van der Waals surface area (Å²) in [4.78, 5) is 0.389. The molecule has 0 atom stereocenters. The fourth-order valence-electron chi connectivity index (χ4n) is 1.45. The highest BCUT2D eigenvalue weighted by Crippen LogP contribution is 2.21. The first-order valence-electron chi connectivity index (χ1n) is 6.02. The number of hydrogen-bond acceptors (Lipinski definition) is 2. The second-order valence-electron chi connectivity index (χ2n) is 3.88. The molecule has 0 aliphatic heterocycles. The van der Waals surface area contributed by atoms with Crippen molar-refractivity contribution in [2.24, 2.45) is 0 Å². The highest BCUT2D eigenvalue weighted by molar-refractivity contribution is 7.99. The van der Waals surface area contributed by atoms with Gasteiger partial charge in [-0.3, -0.25) is 0 Å². The molecule has 0 saturated carbocycles. The summed E-state index contributed by atoms with van der Waals surface area (Å²) < 4.78 is 26.1. The third-order valence-electron chi connectivity index (χ3n) is 2.39. The summed E-state index contributed by atoms with van der Waals surface area (Å²) in [7, 11) is 0. The number of rotatable bonds is 8. The summed E-state index contributed by atoms with van der Waals surface area (Å²) in [5.74, 6) is 0.0270. The molecule has 0 fully saturated rings. The molecular weight excluding hydrogens is 240 g/mol. The van der Waals surface area contributed by atoms with E-state index in [9.17, 15) is 8.78 Å². The topological polar surface area (TPSA) is 12.0 Å². The first-order valence-corrected chi connectivity index (χ1v) is 7.01. The molecular formula is C13H19F2NS. The van der Waals surface area contributed by atoms with Gasteiger partial charge in [0.15, 0.2) is 0 Å². The molecule has 0 aliphatic rings. The van der Waals surface area contributed by atoms with Crippen molar-refractivity contribution < 1.29 is 8.78 Å². The van der Waals surface area contributed by atoms with Crippen molar-refractivity contribution in [1.29, 1.82) is 0 Å². The van der Waals surface area contributed by atoms with Crippen LogP contribution in [0.1, 0.15) is 26.2 Å².